The summed E-state index contributed by atoms with van der Waals surface area (Å²) in [4.78, 5) is 24.2. The van der Waals surface area contributed by atoms with E-state index < -0.39 is 5.91 Å². The zero-order chi connectivity index (χ0) is 19.8. The molecular formula is C22H22N2O4. The molecule has 3 aromatic rings. The summed E-state index contributed by atoms with van der Waals surface area (Å²) in [5.41, 5.74) is 4.13. The Bertz CT molecular complexity index is 1020. The maximum atomic E-state index is 12.3. The van der Waals surface area contributed by atoms with Gasteiger partial charge in [-0.15, -0.1) is 0 Å². The number of aryl methyl sites for hydroxylation is 1. The average Bonchev–Trinajstić information content (AvgIpc) is 2.73. The predicted octanol–water partition coefficient (Wildman–Crippen LogP) is 3.66. The van der Waals surface area contributed by atoms with E-state index in [0.29, 0.717) is 16.7 Å². The summed E-state index contributed by atoms with van der Waals surface area (Å²) in [6, 6.07) is 14.6. The van der Waals surface area contributed by atoms with E-state index in [9.17, 15) is 9.59 Å². The Kier molecular flexibility index (Phi) is 6.57. The zero-order valence-corrected chi connectivity index (χ0v) is 15.7. The number of carbonyl (C=O) groups excluding carboxylic acids is 1. The van der Waals surface area contributed by atoms with E-state index in [2.05, 4.69) is 17.5 Å². The first-order valence-electron chi connectivity index (χ1n) is 9.21. The molecule has 0 aliphatic rings. The Morgan fingerprint density at radius 1 is 1.18 bits per heavy atom. The van der Waals surface area contributed by atoms with Crippen LogP contribution in [0.3, 0.4) is 0 Å². The molecule has 0 saturated heterocycles. The summed E-state index contributed by atoms with van der Waals surface area (Å²) in [6.07, 6.45) is 5.92. The molecule has 0 spiro atoms. The van der Waals surface area contributed by atoms with Crippen LogP contribution < -0.4 is 15.6 Å². The topological polar surface area (TPSA) is 80.9 Å². The molecule has 0 radical (unpaired) electrons. The van der Waals surface area contributed by atoms with Gasteiger partial charge in [0.05, 0.1) is 17.2 Å². The molecule has 2 aromatic carbocycles. The van der Waals surface area contributed by atoms with Gasteiger partial charge < -0.3 is 9.15 Å². The lowest BCUT2D eigenvalue weighted by atomic mass is 10.1. The van der Waals surface area contributed by atoms with Crippen LogP contribution in [-0.2, 0) is 11.2 Å². The first-order chi connectivity index (χ1) is 13.7. The van der Waals surface area contributed by atoms with E-state index in [1.807, 2.05) is 24.3 Å². The highest BCUT2D eigenvalue weighted by Crippen LogP contribution is 2.14. The number of nitrogens with zero attached hydrogens (tertiary/aromatic N) is 1. The molecule has 0 unspecified atom stereocenters. The number of amides is 1. The van der Waals surface area contributed by atoms with Crippen molar-refractivity contribution in [2.45, 2.75) is 26.2 Å². The minimum atomic E-state index is -0.420. The van der Waals surface area contributed by atoms with Gasteiger partial charge in [0, 0.05) is 0 Å². The van der Waals surface area contributed by atoms with Crippen molar-refractivity contribution < 1.29 is 13.9 Å². The van der Waals surface area contributed by atoms with Gasteiger partial charge in [-0.3, -0.25) is 9.59 Å². The van der Waals surface area contributed by atoms with E-state index in [4.69, 9.17) is 9.15 Å². The van der Waals surface area contributed by atoms with E-state index >= 15 is 0 Å². The molecule has 0 fully saturated rings. The van der Waals surface area contributed by atoms with Crippen molar-refractivity contribution in [3.05, 3.63) is 76.1 Å². The van der Waals surface area contributed by atoms with Crippen molar-refractivity contribution >= 4 is 23.1 Å². The molecule has 0 bridgehead atoms. The number of ether oxygens (including phenoxy) is 1. The van der Waals surface area contributed by atoms with E-state index in [-0.39, 0.29) is 17.6 Å². The maximum Gasteiger partial charge on any atom is 0.277 e. The van der Waals surface area contributed by atoms with Gasteiger partial charge in [0.25, 0.3) is 5.91 Å². The molecular weight excluding hydrogens is 356 g/mol. The number of hydrazone groups is 1. The molecule has 28 heavy (non-hydrogen) atoms. The van der Waals surface area contributed by atoms with Crippen LogP contribution in [0.2, 0.25) is 0 Å². The highest BCUT2D eigenvalue weighted by Gasteiger charge is 2.05. The summed E-state index contributed by atoms with van der Waals surface area (Å²) >= 11 is 0. The normalized spacial score (nSPS) is 11.0. The average molecular weight is 378 g/mol. The van der Waals surface area contributed by atoms with Crippen LogP contribution in [0.25, 0.3) is 11.0 Å². The molecule has 0 aliphatic carbocycles. The lowest BCUT2D eigenvalue weighted by Gasteiger charge is -2.06. The van der Waals surface area contributed by atoms with Gasteiger partial charge in [0.2, 0.25) is 5.43 Å². The molecule has 6 heteroatoms. The second kappa shape index (κ2) is 9.50. The fourth-order valence-electron chi connectivity index (χ4n) is 2.67. The van der Waals surface area contributed by atoms with Crippen LogP contribution in [0, 0.1) is 0 Å². The first-order valence-corrected chi connectivity index (χ1v) is 9.21. The van der Waals surface area contributed by atoms with Crippen molar-refractivity contribution in [1.82, 2.24) is 5.43 Å². The lowest BCUT2D eigenvalue weighted by Crippen LogP contribution is -2.25. The summed E-state index contributed by atoms with van der Waals surface area (Å²) in [5, 5.41) is 4.27. The number of fused-ring (bicyclic) bond motifs is 1. The number of rotatable bonds is 8. The van der Waals surface area contributed by atoms with Crippen LogP contribution in [0.15, 0.2) is 69.1 Å². The van der Waals surface area contributed by atoms with Gasteiger partial charge in [-0.1, -0.05) is 37.6 Å². The largest absolute Gasteiger partial charge is 0.484 e. The van der Waals surface area contributed by atoms with Gasteiger partial charge in [0.15, 0.2) is 6.61 Å². The molecule has 6 nitrogen and oxygen atoms in total. The summed E-state index contributed by atoms with van der Waals surface area (Å²) in [6.45, 7) is 1.99. The number of nitrogens with one attached hydrogen (secondary N) is 1. The van der Waals surface area contributed by atoms with Gasteiger partial charge >= 0.3 is 0 Å². The Hall–Kier alpha value is -3.41. The first kappa shape index (κ1) is 19.4. The molecule has 0 aliphatic heterocycles. The van der Waals surface area contributed by atoms with Crippen LogP contribution >= 0.6 is 0 Å². The van der Waals surface area contributed by atoms with Gasteiger partial charge in [-0.2, -0.15) is 5.10 Å². The smallest absolute Gasteiger partial charge is 0.277 e. The third-order valence-electron chi connectivity index (χ3n) is 4.21. The highest BCUT2D eigenvalue weighted by atomic mass is 16.5. The lowest BCUT2D eigenvalue weighted by molar-refractivity contribution is -0.123. The van der Waals surface area contributed by atoms with Crippen molar-refractivity contribution in [2.24, 2.45) is 5.10 Å². The van der Waals surface area contributed by atoms with Crippen molar-refractivity contribution in [1.29, 1.82) is 0 Å². The molecule has 3 rings (SSSR count). The van der Waals surface area contributed by atoms with Gasteiger partial charge in [-0.25, -0.2) is 5.43 Å². The number of hydrogen-bond donors (Lipinski definition) is 1. The third kappa shape index (κ3) is 5.07. The molecule has 0 saturated carbocycles. The van der Waals surface area contributed by atoms with Gasteiger partial charge in [-0.05, 0) is 42.7 Å². The zero-order valence-electron chi connectivity index (χ0n) is 15.7. The Balaban J connectivity index is 1.51. The Morgan fingerprint density at radius 2 is 1.96 bits per heavy atom. The number of carbonyl (C=O) groups is 1. The highest BCUT2D eigenvalue weighted by molar-refractivity contribution is 5.87. The fourth-order valence-corrected chi connectivity index (χ4v) is 2.67. The second-order valence-corrected chi connectivity index (χ2v) is 6.35. The van der Waals surface area contributed by atoms with Crippen LogP contribution in [0.1, 0.15) is 30.9 Å². The minimum absolute atomic E-state index is 0.169. The van der Waals surface area contributed by atoms with Crippen molar-refractivity contribution in [2.75, 3.05) is 6.61 Å². The number of hydrogen-bond acceptors (Lipinski definition) is 5. The quantitative estimate of drug-likeness (QED) is 0.479. The van der Waals surface area contributed by atoms with Crippen molar-refractivity contribution in [3.63, 3.8) is 0 Å². The number of benzene rings is 2. The SMILES string of the molecule is CCCCc1ccc(OCC(=O)N/N=C/c2coc3ccccc3c2=O)cc1. The van der Waals surface area contributed by atoms with Crippen LogP contribution in [0.4, 0.5) is 0 Å². The monoisotopic (exact) mass is 378 g/mol. The summed E-state index contributed by atoms with van der Waals surface area (Å²) < 4.78 is 10.8. The number of unbranched alkanes of at least 4 members (excludes halogenated alkanes) is 1. The Morgan fingerprint density at radius 3 is 2.75 bits per heavy atom. The molecule has 1 amide bonds. The predicted molar refractivity (Wildman–Crippen MR) is 109 cm³/mol. The standard InChI is InChI=1S/C22H22N2O4/c1-2-3-6-16-9-11-18(12-10-16)27-15-21(25)24-23-13-17-14-28-20-8-5-4-7-19(20)22(17)26/h4-5,7-14H,2-3,6,15H2,1H3,(H,24,25)/b23-13+. The third-order valence-corrected chi connectivity index (χ3v) is 4.21. The van der Waals surface area contributed by atoms with Crippen LogP contribution in [0.5, 0.6) is 5.75 Å². The van der Waals surface area contributed by atoms with E-state index in [1.54, 1.807) is 24.3 Å². The molecule has 144 valence electrons. The summed E-state index contributed by atoms with van der Waals surface area (Å²) in [5.74, 6) is 0.200. The molecule has 1 heterocycles. The minimum Gasteiger partial charge on any atom is -0.484 e. The number of para-hydroxylation sites is 1. The molecule has 1 aromatic heterocycles. The van der Waals surface area contributed by atoms with E-state index in [1.165, 1.54) is 18.0 Å². The van der Waals surface area contributed by atoms with E-state index in [0.717, 1.165) is 19.3 Å². The molecule has 1 N–H and O–H groups in total. The summed E-state index contributed by atoms with van der Waals surface area (Å²) in [7, 11) is 0. The Labute approximate surface area is 162 Å². The van der Waals surface area contributed by atoms with Gasteiger partial charge in [0.1, 0.15) is 17.6 Å². The molecule has 0 atom stereocenters. The van der Waals surface area contributed by atoms with Crippen LogP contribution in [-0.4, -0.2) is 18.7 Å². The van der Waals surface area contributed by atoms with Crippen molar-refractivity contribution in [3.8, 4) is 5.75 Å². The maximum absolute atomic E-state index is 12.3. The fraction of sp³-hybridized carbons (Fsp3) is 0.227. The second-order valence-electron chi connectivity index (χ2n) is 6.35.